The number of esters is 1. The summed E-state index contributed by atoms with van der Waals surface area (Å²) in [4.78, 5) is 30.1. The van der Waals surface area contributed by atoms with E-state index in [4.69, 9.17) is 9.47 Å². The minimum atomic E-state index is -0.441. The van der Waals surface area contributed by atoms with E-state index in [1.54, 1.807) is 14.0 Å². The molecule has 0 radical (unpaired) electrons. The number of ether oxygens (including phenoxy) is 2. The molecular formula is C28H34N4O4S. The minimum Gasteiger partial charge on any atom is -0.495 e. The van der Waals surface area contributed by atoms with E-state index in [1.807, 2.05) is 54.8 Å². The summed E-state index contributed by atoms with van der Waals surface area (Å²) in [5.74, 6) is 0.444. The van der Waals surface area contributed by atoms with Gasteiger partial charge in [-0.1, -0.05) is 42.0 Å². The monoisotopic (exact) mass is 522 g/mol. The molecule has 2 amide bonds. The van der Waals surface area contributed by atoms with Crippen molar-refractivity contribution in [1.29, 1.82) is 0 Å². The van der Waals surface area contributed by atoms with E-state index in [9.17, 15) is 9.59 Å². The van der Waals surface area contributed by atoms with Gasteiger partial charge >= 0.3 is 12.0 Å². The predicted molar refractivity (Wildman–Crippen MR) is 149 cm³/mol. The van der Waals surface area contributed by atoms with Gasteiger partial charge in [0.05, 0.1) is 19.4 Å². The largest absolute Gasteiger partial charge is 0.495 e. The first kappa shape index (κ1) is 26.5. The van der Waals surface area contributed by atoms with Crippen molar-refractivity contribution in [3.05, 3.63) is 65.0 Å². The Hall–Kier alpha value is -3.56. The van der Waals surface area contributed by atoms with Crippen molar-refractivity contribution in [2.75, 3.05) is 63.2 Å². The molecule has 1 saturated heterocycles. The molecule has 1 aromatic heterocycles. The van der Waals surface area contributed by atoms with Gasteiger partial charge in [-0.25, -0.2) is 9.59 Å². The standard InChI is InChI=1S/C28H34N4O4S/c1-4-36-27(33)25-22(21-9-7-8-20(2)18-21)19-37-26(25)30-28(34)29-12-13-31-14-16-32(17-15-31)23-10-5-6-11-24(23)35-3/h5-11,18-19H,4,12-17H2,1-3H3,(H2,29,30,34). The van der Waals surface area contributed by atoms with Crippen molar-refractivity contribution in [3.8, 4) is 16.9 Å². The number of hydrogen-bond donors (Lipinski definition) is 2. The zero-order chi connectivity index (χ0) is 26.2. The third kappa shape index (κ3) is 6.61. The lowest BCUT2D eigenvalue weighted by molar-refractivity contribution is 0.0529. The summed E-state index contributed by atoms with van der Waals surface area (Å²) in [5, 5.41) is 8.16. The first-order chi connectivity index (χ1) is 18.0. The van der Waals surface area contributed by atoms with E-state index in [2.05, 4.69) is 26.5 Å². The molecule has 2 N–H and O–H groups in total. The third-order valence-corrected chi connectivity index (χ3v) is 7.23. The smallest absolute Gasteiger partial charge is 0.341 e. The highest BCUT2D eigenvalue weighted by molar-refractivity contribution is 7.15. The molecule has 196 valence electrons. The fourth-order valence-corrected chi connectivity index (χ4v) is 5.41. The van der Waals surface area contributed by atoms with Crippen LogP contribution >= 0.6 is 11.3 Å². The molecule has 4 rings (SSSR count). The topological polar surface area (TPSA) is 83.1 Å². The molecule has 2 aromatic carbocycles. The SMILES string of the molecule is CCOC(=O)c1c(-c2cccc(C)c2)csc1NC(=O)NCCN1CCN(c2ccccc2OC)CC1. The van der Waals surface area contributed by atoms with Gasteiger partial charge in [-0.2, -0.15) is 0 Å². The van der Waals surface area contributed by atoms with Gasteiger partial charge in [0, 0.05) is 50.2 Å². The summed E-state index contributed by atoms with van der Waals surface area (Å²) in [6, 6.07) is 15.7. The number of carbonyl (C=O) groups is 2. The lowest BCUT2D eigenvalue weighted by atomic mass is 10.0. The van der Waals surface area contributed by atoms with Gasteiger partial charge in [-0.3, -0.25) is 10.2 Å². The number of piperazine rings is 1. The molecular weight excluding hydrogens is 488 g/mol. The van der Waals surface area contributed by atoms with Crippen molar-refractivity contribution in [2.24, 2.45) is 0 Å². The number of benzene rings is 2. The van der Waals surface area contributed by atoms with Crippen molar-refractivity contribution in [1.82, 2.24) is 10.2 Å². The number of amides is 2. The molecule has 37 heavy (non-hydrogen) atoms. The number of aryl methyl sites for hydroxylation is 1. The molecule has 3 aromatic rings. The fraction of sp³-hybridized carbons (Fsp3) is 0.357. The van der Waals surface area contributed by atoms with E-state index in [1.165, 1.54) is 11.3 Å². The van der Waals surface area contributed by atoms with E-state index in [0.29, 0.717) is 17.1 Å². The second-order valence-corrected chi connectivity index (χ2v) is 9.70. The van der Waals surface area contributed by atoms with Crippen molar-refractivity contribution < 1.29 is 19.1 Å². The highest BCUT2D eigenvalue weighted by Gasteiger charge is 2.23. The van der Waals surface area contributed by atoms with Crippen molar-refractivity contribution in [2.45, 2.75) is 13.8 Å². The van der Waals surface area contributed by atoms with Crippen LogP contribution in [0, 0.1) is 6.92 Å². The van der Waals surface area contributed by atoms with Gasteiger partial charge in [0.25, 0.3) is 0 Å². The molecule has 1 fully saturated rings. The molecule has 1 aliphatic heterocycles. The second-order valence-electron chi connectivity index (χ2n) is 8.82. The summed E-state index contributed by atoms with van der Waals surface area (Å²) in [5.41, 5.74) is 4.27. The Balaban J connectivity index is 1.31. The summed E-state index contributed by atoms with van der Waals surface area (Å²) in [6.45, 7) is 8.88. The summed E-state index contributed by atoms with van der Waals surface area (Å²) in [6.07, 6.45) is 0. The average Bonchev–Trinajstić information content (AvgIpc) is 3.32. The van der Waals surface area contributed by atoms with Crippen LogP contribution in [0.15, 0.2) is 53.9 Å². The number of para-hydroxylation sites is 2. The van der Waals surface area contributed by atoms with Crippen LogP contribution in [0.5, 0.6) is 5.75 Å². The number of carbonyl (C=O) groups excluding carboxylic acids is 2. The van der Waals surface area contributed by atoms with Gasteiger partial charge < -0.3 is 19.7 Å². The van der Waals surface area contributed by atoms with Crippen LogP contribution in [0.25, 0.3) is 11.1 Å². The average molecular weight is 523 g/mol. The Bertz CT molecular complexity index is 1220. The Kier molecular flexibility index (Phi) is 9.03. The van der Waals surface area contributed by atoms with E-state index >= 15 is 0 Å². The predicted octanol–water partition coefficient (Wildman–Crippen LogP) is 4.85. The Labute approximate surface area is 222 Å². The zero-order valence-electron chi connectivity index (χ0n) is 21.6. The molecule has 8 nitrogen and oxygen atoms in total. The quantitative estimate of drug-likeness (QED) is 0.391. The molecule has 0 atom stereocenters. The Morgan fingerprint density at radius 1 is 1.05 bits per heavy atom. The van der Waals surface area contributed by atoms with Gasteiger partial charge in [0.15, 0.2) is 0 Å². The van der Waals surface area contributed by atoms with Crippen LogP contribution in [0.1, 0.15) is 22.8 Å². The molecule has 2 heterocycles. The van der Waals surface area contributed by atoms with Gasteiger partial charge in [-0.15, -0.1) is 11.3 Å². The number of thiophene rings is 1. The maximum absolute atomic E-state index is 12.8. The highest BCUT2D eigenvalue weighted by Crippen LogP contribution is 2.36. The van der Waals surface area contributed by atoms with Gasteiger partial charge in [0.1, 0.15) is 16.3 Å². The molecule has 9 heteroatoms. The van der Waals surface area contributed by atoms with Crippen LogP contribution in [0.4, 0.5) is 15.5 Å². The number of urea groups is 1. The van der Waals surface area contributed by atoms with Gasteiger partial charge in [0.2, 0.25) is 0 Å². The van der Waals surface area contributed by atoms with Crippen molar-refractivity contribution in [3.63, 3.8) is 0 Å². The van der Waals surface area contributed by atoms with E-state index in [-0.39, 0.29) is 12.6 Å². The van der Waals surface area contributed by atoms with Crippen LogP contribution in [-0.2, 0) is 4.74 Å². The first-order valence-electron chi connectivity index (χ1n) is 12.5. The first-order valence-corrected chi connectivity index (χ1v) is 13.4. The maximum Gasteiger partial charge on any atom is 0.341 e. The fourth-order valence-electron chi connectivity index (χ4n) is 4.46. The molecule has 0 saturated carbocycles. The minimum absolute atomic E-state index is 0.262. The lowest BCUT2D eigenvalue weighted by Gasteiger charge is -2.36. The Morgan fingerprint density at radius 3 is 2.57 bits per heavy atom. The number of methoxy groups -OCH3 is 1. The molecule has 0 aliphatic carbocycles. The third-order valence-electron chi connectivity index (χ3n) is 6.34. The summed E-state index contributed by atoms with van der Waals surface area (Å²) in [7, 11) is 1.70. The van der Waals surface area contributed by atoms with E-state index in [0.717, 1.165) is 60.9 Å². The number of rotatable bonds is 9. The normalized spacial score (nSPS) is 13.8. The maximum atomic E-state index is 12.8. The van der Waals surface area contributed by atoms with Crippen LogP contribution < -0.4 is 20.3 Å². The number of nitrogens with zero attached hydrogens (tertiary/aromatic N) is 2. The molecule has 0 bridgehead atoms. The Morgan fingerprint density at radius 2 is 1.84 bits per heavy atom. The summed E-state index contributed by atoms with van der Waals surface area (Å²) < 4.78 is 10.8. The lowest BCUT2D eigenvalue weighted by Crippen LogP contribution is -2.48. The molecule has 0 spiro atoms. The number of hydrogen-bond acceptors (Lipinski definition) is 7. The number of nitrogens with one attached hydrogen (secondary N) is 2. The molecule has 1 aliphatic rings. The van der Waals surface area contributed by atoms with Crippen LogP contribution in [0.2, 0.25) is 0 Å². The zero-order valence-corrected chi connectivity index (χ0v) is 22.4. The van der Waals surface area contributed by atoms with Crippen LogP contribution in [-0.4, -0.2) is 69.9 Å². The van der Waals surface area contributed by atoms with Crippen LogP contribution in [0.3, 0.4) is 0 Å². The van der Waals surface area contributed by atoms with Gasteiger partial charge in [-0.05, 0) is 31.5 Å². The highest BCUT2D eigenvalue weighted by atomic mass is 32.1. The van der Waals surface area contributed by atoms with E-state index < -0.39 is 5.97 Å². The number of anilines is 2. The molecule has 0 unspecified atom stereocenters. The summed E-state index contributed by atoms with van der Waals surface area (Å²) >= 11 is 1.32. The second kappa shape index (κ2) is 12.6. The van der Waals surface area contributed by atoms with Crippen molar-refractivity contribution >= 4 is 34.0 Å².